The Bertz CT molecular complexity index is 1120. The van der Waals surface area contributed by atoms with Crippen molar-refractivity contribution >= 4 is 23.4 Å². The maximum absolute atomic E-state index is 14.3. The van der Waals surface area contributed by atoms with E-state index in [0.717, 1.165) is 23.3 Å². The van der Waals surface area contributed by atoms with E-state index < -0.39 is 23.2 Å². The van der Waals surface area contributed by atoms with Crippen LogP contribution >= 0.6 is 0 Å². The summed E-state index contributed by atoms with van der Waals surface area (Å²) in [5.74, 6) is -2.50. The number of imide groups is 1. The van der Waals surface area contributed by atoms with Crippen LogP contribution in [0.4, 0.5) is 10.1 Å². The number of rotatable bonds is 3. The summed E-state index contributed by atoms with van der Waals surface area (Å²) >= 11 is 0. The molecule has 0 saturated carbocycles. The number of quaternary nitrogens is 1. The van der Waals surface area contributed by atoms with Gasteiger partial charge in [0, 0.05) is 24.9 Å². The Morgan fingerprint density at radius 2 is 1.90 bits per heavy atom. The SMILES string of the molecule is O=C1[C@@H]2[C@H]3CCC[NH+]3[C@@]3(C(=O)Nc4ccc(F)cc43)[C@@H]2C(=O)N1CCc1ccccc1. The van der Waals surface area contributed by atoms with Gasteiger partial charge in [0.1, 0.15) is 23.7 Å². The molecule has 4 heterocycles. The molecule has 0 bridgehead atoms. The number of nitrogens with one attached hydrogen (secondary N) is 2. The third-order valence-electron chi connectivity index (χ3n) is 7.74. The average molecular weight is 420 g/mol. The van der Waals surface area contributed by atoms with Crippen LogP contribution in [0.25, 0.3) is 0 Å². The fourth-order valence-electron chi connectivity index (χ4n) is 6.60. The van der Waals surface area contributed by atoms with E-state index >= 15 is 0 Å². The van der Waals surface area contributed by atoms with E-state index in [2.05, 4.69) is 5.32 Å². The Morgan fingerprint density at radius 3 is 2.71 bits per heavy atom. The van der Waals surface area contributed by atoms with Crippen LogP contribution in [0, 0.1) is 17.7 Å². The van der Waals surface area contributed by atoms with Crippen LogP contribution in [0.1, 0.15) is 24.0 Å². The summed E-state index contributed by atoms with van der Waals surface area (Å²) in [5, 5.41) is 2.88. The number of hydrogen-bond acceptors (Lipinski definition) is 3. The van der Waals surface area contributed by atoms with Gasteiger partial charge in [-0.15, -0.1) is 0 Å². The zero-order valence-electron chi connectivity index (χ0n) is 16.9. The minimum Gasteiger partial charge on any atom is -0.320 e. The quantitative estimate of drug-likeness (QED) is 0.725. The first kappa shape index (κ1) is 18.7. The molecule has 6 rings (SSSR count). The van der Waals surface area contributed by atoms with Crippen molar-refractivity contribution in [2.24, 2.45) is 11.8 Å². The fourth-order valence-corrected chi connectivity index (χ4v) is 6.60. The van der Waals surface area contributed by atoms with E-state index in [4.69, 9.17) is 0 Å². The first-order valence-corrected chi connectivity index (χ1v) is 10.9. The third kappa shape index (κ3) is 2.32. The van der Waals surface area contributed by atoms with Crippen LogP contribution in [-0.4, -0.2) is 41.8 Å². The van der Waals surface area contributed by atoms with Crippen LogP contribution < -0.4 is 10.2 Å². The van der Waals surface area contributed by atoms with Crippen LogP contribution in [0.5, 0.6) is 0 Å². The Kier molecular flexibility index (Phi) is 3.90. The number of likely N-dealkylation sites (tertiary alicyclic amines) is 1. The third-order valence-corrected chi connectivity index (χ3v) is 7.74. The molecule has 4 aliphatic rings. The molecule has 158 valence electrons. The molecule has 31 heavy (non-hydrogen) atoms. The summed E-state index contributed by atoms with van der Waals surface area (Å²) in [6, 6.07) is 13.9. The van der Waals surface area contributed by atoms with Crippen LogP contribution in [0.15, 0.2) is 48.5 Å². The molecule has 0 radical (unpaired) electrons. The monoisotopic (exact) mass is 420 g/mol. The summed E-state index contributed by atoms with van der Waals surface area (Å²) in [6.07, 6.45) is 2.25. The highest BCUT2D eigenvalue weighted by Crippen LogP contribution is 2.51. The number of amides is 3. The van der Waals surface area contributed by atoms with Gasteiger partial charge in [-0.2, -0.15) is 0 Å². The molecule has 3 saturated heterocycles. The van der Waals surface area contributed by atoms with Crippen molar-refractivity contribution in [3.05, 3.63) is 65.5 Å². The predicted octanol–water partition coefficient (Wildman–Crippen LogP) is 0.878. The second kappa shape index (κ2) is 6.47. The molecule has 1 unspecified atom stereocenters. The molecule has 3 fully saturated rings. The first-order valence-electron chi connectivity index (χ1n) is 10.9. The van der Waals surface area contributed by atoms with Gasteiger partial charge in [0.15, 0.2) is 0 Å². The van der Waals surface area contributed by atoms with Crippen molar-refractivity contribution in [3.8, 4) is 0 Å². The van der Waals surface area contributed by atoms with Gasteiger partial charge in [-0.3, -0.25) is 19.3 Å². The molecule has 0 aromatic heterocycles. The van der Waals surface area contributed by atoms with E-state index in [1.807, 2.05) is 30.3 Å². The van der Waals surface area contributed by atoms with E-state index in [0.29, 0.717) is 30.8 Å². The molecule has 3 amide bonds. The zero-order valence-corrected chi connectivity index (χ0v) is 16.9. The molecule has 0 aliphatic carbocycles. The van der Waals surface area contributed by atoms with E-state index in [-0.39, 0.29) is 23.8 Å². The van der Waals surface area contributed by atoms with Gasteiger partial charge in [0.05, 0.1) is 12.2 Å². The molecule has 6 nitrogen and oxygen atoms in total. The highest BCUT2D eigenvalue weighted by atomic mass is 19.1. The Balaban J connectivity index is 1.43. The van der Waals surface area contributed by atoms with Gasteiger partial charge in [0.2, 0.25) is 17.4 Å². The van der Waals surface area contributed by atoms with Gasteiger partial charge >= 0.3 is 0 Å². The Labute approximate surface area is 179 Å². The lowest BCUT2D eigenvalue weighted by Gasteiger charge is -2.33. The molecule has 1 spiro atoms. The Hall–Kier alpha value is -3.06. The van der Waals surface area contributed by atoms with Crippen molar-refractivity contribution < 1.29 is 23.7 Å². The number of anilines is 1. The van der Waals surface area contributed by atoms with Gasteiger partial charge in [0.25, 0.3) is 5.91 Å². The summed E-state index contributed by atoms with van der Waals surface area (Å²) in [7, 11) is 0. The van der Waals surface area contributed by atoms with Crippen molar-refractivity contribution in [1.29, 1.82) is 0 Å². The number of benzene rings is 2. The highest BCUT2D eigenvalue weighted by molar-refractivity contribution is 6.14. The molecular formula is C24H23FN3O3+. The van der Waals surface area contributed by atoms with Gasteiger partial charge in [-0.25, -0.2) is 4.39 Å². The Morgan fingerprint density at radius 1 is 1.10 bits per heavy atom. The normalized spacial score (nSPS) is 33.1. The number of hydrogen-bond donors (Lipinski definition) is 2. The van der Waals surface area contributed by atoms with Crippen molar-refractivity contribution in [3.63, 3.8) is 0 Å². The molecule has 2 aromatic rings. The minimum atomic E-state index is -1.22. The van der Waals surface area contributed by atoms with E-state index in [1.54, 1.807) is 6.07 Å². The zero-order chi connectivity index (χ0) is 21.3. The van der Waals surface area contributed by atoms with E-state index in [1.165, 1.54) is 17.0 Å². The number of carbonyl (C=O) groups is 3. The summed E-state index contributed by atoms with van der Waals surface area (Å²) < 4.78 is 14.3. The molecule has 5 atom stereocenters. The van der Waals surface area contributed by atoms with Crippen molar-refractivity contribution in [2.75, 3.05) is 18.4 Å². The maximum atomic E-state index is 14.3. The van der Waals surface area contributed by atoms with Gasteiger partial charge in [-0.05, 0) is 30.2 Å². The molecule has 2 N–H and O–H groups in total. The number of nitrogens with zero attached hydrogens (tertiary/aromatic N) is 1. The second-order valence-electron chi connectivity index (χ2n) is 9.04. The maximum Gasteiger partial charge on any atom is 0.291 e. The summed E-state index contributed by atoms with van der Waals surface area (Å²) in [5.41, 5.74) is 0.900. The number of carbonyl (C=O) groups excluding carboxylic acids is 3. The van der Waals surface area contributed by atoms with Gasteiger partial charge in [-0.1, -0.05) is 30.3 Å². The number of fused-ring (bicyclic) bond motifs is 7. The van der Waals surface area contributed by atoms with Crippen molar-refractivity contribution in [1.82, 2.24) is 4.90 Å². The van der Waals surface area contributed by atoms with E-state index in [9.17, 15) is 18.8 Å². The molecule has 7 heteroatoms. The standard InChI is InChI=1S/C24H22FN3O3/c25-15-8-9-17-16(13-15)24(23(31)26-17)20-19(18-7-4-11-28(18)24)21(29)27(22(20)30)12-10-14-5-2-1-3-6-14/h1-3,5-6,8-9,13,18-20H,4,7,10-12H2,(H,26,31)/p+1/t18-,19-,20+,24-/m1/s1. The van der Waals surface area contributed by atoms with Crippen LogP contribution in [0.2, 0.25) is 0 Å². The minimum absolute atomic E-state index is 0.0943. The van der Waals surface area contributed by atoms with Crippen molar-refractivity contribution in [2.45, 2.75) is 30.8 Å². The molecule has 4 aliphatic heterocycles. The highest BCUT2D eigenvalue weighted by Gasteiger charge is 2.78. The summed E-state index contributed by atoms with van der Waals surface area (Å²) in [6.45, 7) is 0.996. The largest absolute Gasteiger partial charge is 0.320 e. The lowest BCUT2D eigenvalue weighted by atomic mass is 9.75. The first-order chi connectivity index (χ1) is 15.0. The summed E-state index contributed by atoms with van der Waals surface area (Å²) in [4.78, 5) is 42.9. The lowest BCUT2D eigenvalue weighted by Crippen LogP contribution is -3.19. The molecular weight excluding hydrogens is 397 g/mol. The second-order valence-corrected chi connectivity index (χ2v) is 9.04. The van der Waals surface area contributed by atoms with Crippen LogP contribution in [-0.2, 0) is 26.3 Å². The molecule has 2 aromatic carbocycles. The van der Waals surface area contributed by atoms with Gasteiger partial charge < -0.3 is 10.2 Å². The topological polar surface area (TPSA) is 70.9 Å². The lowest BCUT2D eigenvalue weighted by molar-refractivity contribution is -0.948. The number of halogens is 1. The smallest absolute Gasteiger partial charge is 0.291 e. The van der Waals surface area contributed by atoms with Crippen LogP contribution in [0.3, 0.4) is 0 Å². The predicted molar refractivity (Wildman–Crippen MR) is 109 cm³/mol. The average Bonchev–Trinajstić information content (AvgIpc) is 3.47. The fraction of sp³-hybridized carbons (Fsp3) is 0.375.